The molecule has 1 aliphatic heterocycles. The van der Waals surface area contributed by atoms with E-state index < -0.39 is 12.0 Å². The zero-order chi connectivity index (χ0) is 19.4. The number of urea groups is 1. The molecule has 2 bridgehead atoms. The summed E-state index contributed by atoms with van der Waals surface area (Å²) in [6.45, 7) is 6.33. The molecular weight excluding hydrogens is 344 g/mol. The molecule has 6 heteroatoms. The van der Waals surface area contributed by atoms with Crippen LogP contribution in [0.3, 0.4) is 0 Å². The van der Waals surface area contributed by atoms with E-state index >= 15 is 0 Å². The molecule has 3 aliphatic rings. The molecule has 2 aliphatic carbocycles. The van der Waals surface area contributed by atoms with Crippen molar-refractivity contribution >= 4 is 23.6 Å². The highest BCUT2D eigenvalue weighted by atomic mass is 16.5. The first-order chi connectivity index (χ1) is 12.7. The van der Waals surface area contributed by atoms with Crippen LogP contribution in [0.4, 0.5) is 10.5 Å². The maximum atomic E-state index is 12.6. The maximum absolute atomic E-state index is 12.6. The molecule has 0 aromatic heterocycles. The number of rotatable bonds is 4. The van der Waals surface area contributed by atoms with E-state index in [1.807, 2.05) is 18.2 Å². The zero-order valence-electron chi connectivity index (χ0n) is 16.1. The number of nitrogens with zero attached hydrogens (tertiary/aromatic N) is 2. The quantitative estimate of drug-likeness (QED) is 0.603. The summed E-state index contributed by atoms with van der Waals surface area (Å²) in [5.74, 6) is -0.314. The Morgan fingerprint density at radius 1 is 1.19 bits per heavy atom. The van der Waals surface area contributed by atoms with Gasteiger partial charge in [-0.1, -0.05) is 39.0 Å². The van der Waals surface area contributed by atoms with Crippen LogP contribution in [0.15, 0.2) is 30.3 Å². The lowest BCUT2D eigenvalue weighted by molar-refractivity contribution is -0.158. The van der Waals surface area contributed by atoms with Crippen LogP contribution in [0.5, 0.6) is 0 Å². The van der Waals surface area contributed by atoms with Gasteiger partial charge in [-0.2, -0.15) is 0 Å². The largest absolute Gasteiger partial charge is 0.460 e. The van der Waals surface area contributed by atoms with E-state index in [1.54, 1.807) is 12.1 Å². The number of ether oxygens (including phenoxy) is 1. The van der Waals surface area contributed by atoms with E-state index in [-0.39, 0.29) is 35.9 Å². The van der Waals surface area contributed by atoms with Gasteiger partial charge >= 0.3 is 12.0 Å². The molecule has 0 radical (unpaired) electrons. The number of carbonyl (C=O) groups excluding carboxylic acids is 3. The highest BCUT2D eigenvalue weighted by Gasteiger charge is 2.63. The number of para-hydroxylation sites is 1. The summed E-state index contributed by atoms with van der Waals surface area (Å²) in [6, 6.07) is 8.53. The monoisotopic (exact) mass is 370 g/mol. The summed E-state index contributed by atoms with van der Waals surface area (Å²) in [7, 11) is 0. The molecule has 1 aromatic rings. The van der Waals surface area contributed by atoms with E-state index in [4.69, 9.17) is 4.74 Å². The first-order valence-electron chi connectivity index (χ1n) is 9.60. The summed E-state index contributed by atoms with van der Waals surface area (Å²) in [4.78, 5) is 39.8. The van der Waals surface area contributed by atoms with Crippen LogP contribution in [0.25, 0.3) is 0 Å². The first-order valence-corrected chi connectivity index (χ1v) is 9.60. The number of imide groups is 1. The minimum atomic E-state index is -0.499. The minimum Gasteiger partial charge on any atom is -0.460 e. The SMILES string of the molecule is CC1(C)[C@@H]2CC[C@@]1(C)[C@@H](OC(=O)CN1C(=O)CN(c3ccccc3)C1=O)C2. The van der Waals surface area contributed by atoms with Crippen molar-refractivity contribution in [1.29, 1.82) is 0 Å². The second-order valence-electron chi connectivity index (χ2n) is 8.77. The van der Waals surface area contributed by atoms with Crippen LogP contribution < -0.4 is 4.90 Å². The average molecular weight is 370 g/mol. The Labute approximate surface area is 159 Å². The molecule has 3 fully saturated rings. The standard InChI is InChI=1S/C21H26N2O4/c1-20(2)14-9-10-21(20,3)16(11-14)27-18(25)13-23-17(24)12-22(19(23)26)15-7-5-4-6-8-15/h4-8,14,16H,9-13H2,1-3H3/t14-,16+,21+/m1/s1. The zero-order valence-corrected chi connectivity index (χ0v) is 16.1. The summed E-state index contributed by atoms with van der Waals surface area (Å²) >= 11 is 0. The van der Waals surface area contributed by atoms with Crippen molar-refractivity contribution in [2.75, 3.05) is 18.0 Å². The lowest BCUT2D eigenvalue weighted by Gasteiger charge is -2.38. The number of hydrogen-bond donors (Lipinski definition) is 0. The molecule has 0 N–H and O–H groups in total. The van der Waals surface area contributed by atoms with Crippen molar-refractivity contribution in [3.05, 3.63) is 30.3 Å². The van der Waals surface area contributed by atoms with Gasteiger partial charge in [0, 0.05) is 11.1 Å². The van der Waals surface area contributed by atoms with Crippen molar-refractivity contribution in [3.63, 3.8) is 0 Å². The van der Waals surface area contributed by atoms with Crippen LogP contribution in [-0.4, -0.2) is 42.0 Å². The van der Waals surface area contributed by atoms with Gasteiger partial charge in [0.1, 0.15) is 19.2 Å². The Morgan fingerprint density at radius 2 is 1.89 bits per heavy atom. The minimum absolute atomic E-state index is 0.0393. The highest BCUT2D eigenvalue weighted by Crippen LogP contribution is 2.66. The van der Waals surface area contributed by atoms with E-state index in [0.717, 1.165) is 17.7 Å². The molecule has 27 heavy (non-hydrogen) atoms. The third kappa shape index (κ3) is 2.65. The topological polar surface area (TPSA) is 66.9 Å². The van der Waals surface area contributed by atoms with Gasteiger partial charge < -0.3 is 4.74 Å². The summed E-state index contributed by atoms with van der Waals surface area (Å²) < 4.78 is 5.78. The maximum Gasteiger partial charge on any atom is 0.332 e. The highest BCUT2D eigenvalue weighted by molar-refractivity contribution is 6.13. The predicted octanol–water partition coefficient (Wildman–Crippen LogP) is 3.21. The summed E-state index contributed by atoms with van der Waals surface area (Å²) in [6.07, 6.45) is 2.95. The lowest BCUT2D eigenvalue weighted by atomic mass is 9.70. The Hall–Kier alpha value is -2.37. The number of fused-ring (bicyclic) bond motifs is 2. The van der Waals surface area contributed by atoms with Crippen molar-refractivity contribution in [2.45, 2.75) is 46.1 Å². The van der Waals surface area contributed by atoms with E-state index in [1.165, 1.54) is 11.3 Å². The number of esters is 1. The molecule has 1 saturated heterocycles. The normalized spacial score (nSPS) is 31.7. The number of anilines is 1. The third-order valence-corrected chi connectivity index (χ3v) is 7.40. The van der Waals surface area contributed by atoms with Crippen LogP contribution in [0, 0.1) is 16.7 Å². The molecule has 0 unspecified atom stereocenters. The predicted molar refractivity (Wildman–Crippen MR) is 100 cm³/mol. The molecule has 4 rings (SSSR count). The Kier molecular flexibility index (Phi) is 4.05. The second-order valence-corrected chi connectivity index (χ2v) is 8.77. The molecule has 6 nitrogen and oxygen atoms in total. The molecule has 2 saturated carbocycles. The van der Waals surface area contributed by atoms with Gasteiger partial charge in [0.2, 0.25) is 0 Å². The number of hydrogen-bond acceptors (Lipinski definition) is 4. The van der Waals surface area contributed by atoms with Gasteiger partial charge in [0.15, 0.2) is 0 Å². The fourth-order valence-corrected chi connectivity index (χ4v) is 5.14. The Bertz CT molecular complexity index is 791. The van der Waals surface area contributed by atoms with Gasteiger partial charge in [-0.05, 0) is 42.7 Å². The number of carbonyl (C=O) groups is 3. The molecule has 3 atom stereocenters. The number of amides is 3. The van der Waals surface area contributed by atoms with Gasteiger partial charge in [-0.3, -0.25) is 19.4 Å². The van der Waals surface area contributed by atoms with Crippen molar-refractivity contribution in [2.24, 2.45) is 16.7 Å². The number of benzene rings is 1. The lowest BCUT2D eigenvalue weighted by Crippen LogP contribution is -2.42. The van der Waals surface area contributed by atoms with Gasteiger partial charge in [0.25, 0.3) is 5.91 Å². The molecular formula is C21H26N2O4. The van der Waals surface area contributed by atoms with E-state index in [2.05, 4.69) is 20.8 Å². The first kappa shape index (κ1) is 18.0. The van der Waals surface area contributed by atoms with Gasteiger partial charge in [0.05, 0.1) is 0 Å². The van der Waals surface area contributed by atoms with Crippen molar-refractivity contribution in [1.82, 2.24) is 4.90 Å². The molecule has 0 spiro atoms. The van der Waals surface area contributed by atoms with Crippen LogP contribution >= 0.6 is 0 Å². The van der Waals surface area contributed by atoms with Crippen molar-refractivity contribution < 1.29 is 19.1 Å². The van der Waals surface area contributed by atoms with Crippen LogP contribution in [0.2, 0.25) is 0 Å². The molecule has 3 amide bonds. The van der Waals surface area contributed by atoms with Gasteiger partial charge in [-0.15, -0.1) is 0 Å². The van der Waals surface area contributed by atoms with Crippen LogP contribution in [-0.2, 0) is 14.3 Å². The smallest absolute Gasteiger partial charge is 0.332 e. The Balaban J connectivity index is 1.42. The molecule has 1 aromatic carbocycles. The molecule has 1 heterocycles. The summed E-state index contributed by atoms with van der Waals surface area (Å²) in [5, 5.41) is 0. The average Bonchev–Trinajstić information content (AvgIpc) is 3.11. The van der Waals surface area contributed by atoms with E-state index in [9.17, 15) is 14.4 Å². The summed E-state index contributed by atoms with van der Waals surface area (Å²) in [5.41, 5.74) is 0.748. The van der Waals surface area contributed by atoms with E-state index in [0.29, 0.717) is 11.6 Å². The second kappa shape index (κ2) is 6.08. The van der Waals surface area contributed by atoms with Crippen molar-refractivity contribution in [3.8, 4) is 0 Å². The molecule has 144 valence electrons. The fraction of sp³-hybridized carbons (Fsp3) is 0.571. The third-order valence-electron chi connectivity index (χ3n) is 7.40. The van der Waals surface area contributed by atoms with Gasteiger partial charge in [-0.25, -0.2) is 4.79 Å². The fourth-order valence-electron chi connectivity index (χ4n) is 5.14. The Morgan fingerprint density at radius 3 is 2.48 bits per heavy atom. The van der Waals surface area contributed by atoms with Crippen LogP contribution in [0.1, 0.15) is 40.0 Å².